The van der Waals surface area contributed by atoms with Crippen molar-refractivity contribution < 1.29 is 26.6 Å². The Bertz CT molecular complexity index is 370. The van der Waals surface area contributed by atoms with E-state index >= 15 is 0 Å². The van der Waals surface area contributed by atoms with E-state index in [0.29, 0.717) is 0 Å². The van der Waals surface area contributed by atoms with Gasteiger partial charge >= 0.3 is 17.6 Å². The highest BCUT2D eigenvalue weighted by atomic mass is 28.4. The second-order valence-electron chi connectivity index (χ2n) is 7.74. The van der Waals surface area contributed by atoms with Gasteiger partial charge in [-0.2, -0.15) is 0 Å². The van der Waals surface area contributed by atoms with E-state index in [1.54, 1.807) is 42.7 Å². The third kappa shape index (κ3) is 10.2. The number of hydrogen-bond acceptors (Lipinski definition) is 8. The molecular formula is C20H48N2O6Si2. The Morgan fingerprint density at radius 3 is 1.30 bits per heavy atom. The first-order valence-electron chi connectivity index (χ1n) is 11.0. The zero-order valence-electron chi connectivity index (χ0n) is 20.7. The molecule has 0 saturated carbocycles. The standard InChI is InChI=1S/C20H48N2O6Si2/c1-21-17-11-9-10-14-20(22-2,15-12-18-29(23-3,24-4)25-5)16-13-19-30(26-6,27-7)28-8/h21-22H,9-19H2,1-8H3. The lowest BCUT2D eigenvalue weighted by Crippen LogP contribution is -2.47. The summed E-state index contributed by atoms with van der Waals surface area (Å²) in [6, 6.07) is 1.62. The summed E-state index contributed by atoms with van der Waals surface area (Å²) in [7, 11) is 9.06. The van der Waals surface area contributed by atoms with Crippen molar-refractivity contribution in [3.05, 3.63) is 0 Å². The minimum absolute atomic E-state index is 0.0599. The SMILES string of the molecule is CNCCCCCC(CCC[Si](OC)(OC)OC)(CCC[Si](OC)(OC)OC)NC. The molecule has 0 unspecified atom stereocenters. The van der Waals surface area contributed by atoms with E-state index in [4.69, 9.17) is 26.6 Å². The summed E-state index contributed by atoms with van der Waals surface area (Å²) in [6.45, 7) is 1.07. The minimum atomic E-state index is -2.55. The van der Waals surface area contributed by atoms with Crippen LogP contribution in [-0.4, -0.2) is 86.4 Å². The fourth-order valence-corrected chi connectivity index (χ4v) is 7.54. The van der Waals surface area contributed by atoms with E-state index in [-0.39, 0.29) is 5.54 Å². The largest absolute Gasteiger partial charge is 0.500 e. The summed E-state index contributed by atoms with van der Waals surface area (Å²) >= 11 is 0. The zero-order chi connectivity index (χ0) is 22.9. The van der Waals surface area contributed by atoms with Gasteiger partial charge in [0.05, 0.1) is 0 Å². The molecular weight excluding hydrogens is 420 g/mol. The second kappa shape index (κ2) is 16.7. The molecule has 0 aliphatic rings. The molecule has 10 heteroatoms. The van der Waals surface area contributed by atoms with Crippen LogP contribution in [0.3, 0.4) is 0 Å². The number of rotatable bonds is 21. The summed E-state index contributed by atoms with van der Waals surface area (Å²) in [5.74, 6) is 0. The molecule has 30 heavy (non-hydrogen) atoms. The average molecular weight is 469 g/mol. The van der Waals surface area contributed by atoms with Crippen LogP contribution in [0.25, 0.3) is 0 Å². The smallest absolute Gasteiger partial charge is 0.377 e. The van der Waals surface area contributed by atoms with Crippen molar-refractivity contribution in [2.45, 2.75) is 69.0 Å². The Balaban J connectivity index is 5.03. The van der Waals surface area contributed by atoms with Crippen LogP contribution in [0.1, 0.15) is 51.4 Å². The highest BCUT2D eigenvalue weighted by Gasteiger charge is 2.40. The molecule has 0 heterocycles. The molecule has 0 radical (unpaired) electrons. The predicted molar refractivity (Wildman–Crippen MR) is 126 cm³/mol. The lowest BCUT2D eigenvalue weighted by atomic mass is 9.83. The third-order valence-electron chi connectivity index (χ3n) is 6.26. The maximum atomic E-state index is 5.60. The molecule has 182 valence electrons. The number of unbranched alkanes of at least 4 members (excludes halogenated alkanes) is 2. The first-order chi connectivity index (χ1) is 14.4. The molecule has 0 amide bonds. The van der Waals surface area contributed by atoms with Gasteiger partial charge in [-0.05, 0) is 59.2 Å². The van der Waals surface area contributed by atoms with E-state index in [0.717, 1.165) is 50.7 Å². The first-order valence-corrected chi connectivity index (χ1v) is 14.9. The van der Waals surface area contributed by atoms with Gasteiger partial charge < -0.3 is 37.2 Å². The van der Waals surface area contributed by atoms with Crippen molar-refractivity contribution in [2.75, 3.05) is 63.3 Å². The van der Waals surface area contributed by atoms with E-state index < -0.39 is 17.6 Å². The van der Waals surface area contributed by atoms with Crippen molar-refractivity contribution in [1.29, 1.82) is 0 Å². The Labute approximate surface area is 187 Å². The lowest BCUT2D eigenvalue weighted by molar-refractivity contribution is 0.119. The van der Waals surface area contributed by atoms with Crippen molar-refractivity contribution in [3.63, 3.8) is 0 Å². The fourth-order valence-electron chi connectivity index (χ4n) is 4.09. The van der Waals surface area contributed by atoms with E-state index in [2.05, 4.69) is 17.7 Å². The molecule has 0 rings (SSSR count). The minimum Gasteiger partial charge on any atom is -0.377 e. The van der Waals surface area contributed by atoms with Crippen molar-refractivity contribution in [3.8, 4) is 0 Å². The quantitative estimate of drug-likeness (QED) is 0.197. The van der Waals surface area contributed by atoms with Gasteiger partial charge in [0.2, 0.25) is 0 Å². The van der Waals surface area contributed by atoms with Crippen molar-refractivity contribution >= 4 is 17.6 Å². The molecule has 0 bridgehead atoms. The van der Waals surface area contributed by atoms with Crippen LogP contribution in [0.2, 0.25) is 12.1 Å². The van der Waals surface area contributed by atoms with E-state index in [1.165, 1.54) is 19.3 Å². The highest BCUT2D eigenvalue weighted by Crippen LogP contribution is 2.31. The summed E-state index contributed by atoms with van der Waals surface area (Å²) < 4.78 is 33.6. The number of hydrogen-bond donors (Lipinski definition) is 2. The van der Waals surface area contributed by atoms with Crippen LogP contribution in [0, 0.1) is 0 Å². The van der Waals surface area contributed by atoms with Crippen molar-refractivity contribution in [2.24, 2.45) is 0 Å². The Hall–Kier alpha value is 0.114. The predicted octanol–water partition coefficient (Wildman–Crippen LogP) is 3.04. The summed E-state index contributed by atoms with van der Waals surface area (Å²) in [6.07, 6.45) is 8.83. The first kappa shape index (κ1) is 30.1. The van der Waals surface area contributed by atoms with Crippen LogP contribution >= 0.6 is 0 Å². The summed E-state index contributed by atoms with van der Waals surface area (Å²) in [5, 5.41) is 6.89. The van der Waals surface area contributed by atoms with Gasteiger partial charge in [0, 0.05) is 60.3 Å². The molecule has 0 aromatic rings. The van der Waals surface area contributed by atoms with Gasteiger partial charge in [-0.15, -0.1) is 0 Å². The molecule has 0 saturated heterocycles. The van der Waals surface area contributed by atoms with Gasteiger partial charge in [0.25, 0.3) is 0 Å². The van der Waals surface area contributed by atoms with Crippen molar-refractivity contribution in [1.82, 2.24) is 10.6 Å². The molecule has 0 atom stereocenters. The molecule has 8 nitrogen and oxygen atoms in total. The Morgan fingerprint density at radius 1 is 0.567 bits per heavy atom. The summed E-state index contributed by atoms with van der Waals surface area (Å²) in [4.78, 5) is 0. The topological polar surface area (TPSA) is 79.4 Å². The Morgan fingerprint density at radius 2 is 0.967 bits per heavy atom. The monoisotopic (exact) mass is 468 g/mol. The van der Waals surface area contributed by atoms with Crippen LogP contribution < -0.4 is 10.6 Å². The van der Waals surface area contributed by atoms with Crippen LogP contribution in [0.15, 0.2) is 0 Å². The number of nitrogens with one attached hydrogen (secondary N) is 2. The normalized spacial score (nSPS) is 13.2. The zero-order valence-corrected chi connectivity index (χ0v) is 22.7. The molecule has 0 aromatic heterocycles. The Kier molecular flexibility index (Phi) is 16.8. The van der Waals surface area contributed by atoms with Crippen LogP contribution in [0.5, 0.6) is 0 Å². The molecule has 2 N–H and O–H groups in total. The lowest BCUT2D eigenvalue weighted by Gasteiger charge is -2.36. The van der Waals surface area contributed by atoms with Crippen LogP contribution in [0.4, 0.5) is 0 Å². The fraction of sp³-hybridized carbons (Fsp3) is 1.00. The second-order valence-corrected chi connectivity index (χ2v) is 13.9. The van der Waals surface area contributed by atoms with Gasteiger partial charge in [-0.3, -0.25) is 0 Å². The maximum Gasteiger partial charge on any atom is 0.500 e. The molecule has 0 spiro atoms. The third-order valence-corrected chi connectivity index (χ3v) is 11.9. The average Bonchev–Trinajstić information content (AvgIpc) is 2.79. The molecule has 0 aliphatic carbocycles. The van der Waals surface area contributed by atoms with Gasteiger partial charge in [0.15, 0.2) is 0 Å². The van der Waals surface area contributed by atoms with E-state index in [9.17, 15) is 0 Å². The van der Waals surface area contributed by atoms with Crippen LogP contribution in [-0.2, 0) is 26.6 Å². The molecule has 0 fully saturated rings. The van der Waals surface area contributed by atoms with Gasteiger partial charge in [-0.25, -0.2) is 0 Å². The molecule has 0 aliphatic heterocycles. The van der Waals surface area contributed by atoms with E-state index in [1.807, 2.05) is 7.05 Å². The van der Waals surface area contributed by atoms with Gasteiger partial charge in [0.1, 0.15) is 0 Å². The maximum absolute atomic E-state index is 5.60. The van der Waals surface area contributed by atoms with Gasteiger partial charge in [-0.1, -0.05) is 12.8 Å². The molecule has 0 aromatic carbocycles. The summed E-state index contributed by atoms with van der Waals surface area (Å²) in [5.41, 5.74) is 0.0599. The highest BCUT2D eigenvalue weighted by molar-refractivity contribution is 6.60.